The molecular weight excluding hydrogens is 324 g/mol. The minimum absolute atomic E-state index is 0.156. The van der Waals surface area contributed by atoms with Gasteiger partial charge in [-0.1, -0.05) is 23.8 Å². The van der Waals surface area contributed by atoms with Gasteiger partial charge in [0.05, 0.1) is 12.2 Å². The van der Waals surface area contributed by atoms with E-state index in [1.165, 1.54) is 13.2 Å². The van der Waals surface area contributed by atoms with Crippen molar-refractivity contribution in [3.63, 3.8) is 0 Å². The second kappa shape index (κ2) is 9.44. The Balaban J connectivity index is 1.86. The Hall–Kier alpha value is -2.86. The van der Waals surface area contributed by atoms with Gasteiger partial charge in [-0.05, 0) is 37.3 Å². The Morgan fingerprint density at radius 1 is 0.960 bits per heavy atom. The third-order valence-corrected chi connectivity index (χ3v) is 3.20. The second-order valence-electron chi connectivity index (χ2n) is 5.23. The van der Waals surface area contributed by atoms with Crippen LogP contribution in [-0.4, -0.2) is 38.9 Å². The zero-order valence-electron chi connectivity index (χ0n) is 14.2. The van der Waals surface area contributed by atoms with Crippen LogP contribution < -0.4 is 9.47 Å². The van der Waals surface area contributed by atoms with Gasteiger partial charge in [0.15, 0.2) is 6.61 Å². The number of hydrogen-bond donors (Lipinski definition) is 0. The first-order valence-corrected chi connectivity index (χ1v) is 7.75. The second-order valence-corrected chi connectivity index (χ2v) is 5.23. The predicted molar refractivity (Wildman–Crippen MR) is 90.9 cm³/mol. The topological polar surface area (TPSA) is 71.1 Å². The Kier molecular flexibility index (Phi) is 6.98. The molecule has 0 aliphatic carbocycles. The average molecular weight is 344 g/mol. The van der Waals surface area contributed by atoms with E-state index < -0.39 is 11.9 Å². The maximum atomic E-state index is 11.9. The van der Waals surface area contributed by atoms with Crippen LogP contribution in [0.2, 0.25) is 0 Å². The van der Waals surface area contributed by atoms with Gasteiger partial charge in [0, 0.05) is 7.11 Å². The van der Waals surface area contributed by atoms with E-state index in [4.69, 9.17) is 18.9 Å². The van der Waals surface area contributed by atoms with Gasteiger partial charge in [0.1, 0.15) is 18.1 Å². The minimum Gasteiger partial charge on any atom is -0.482 e. The summed E-state index contributed by atoms with van der Waals surface area (Å²) in [6.07, 6.45) is 0. The summed E-state index contributed by atoms with van der Waals surface area (Å²) in [5.74, 6) is -0.243. The Bertz CT molecular complexity index is 708. The third kappa shape index (κ3) is 6.27. The monoisotopic (exact) mass is 344 g/mol. The number of hydrogen-bond acceptors (Lipinski definition) is 6. The molecule has 2 rings (SSSR count). The van der Waals surface area contributed by atoms with E-state index in [2.05, 4.69) is 0 Å². The fraction of sp³-hybridized carbons (Fsp3) is 0.263. The summed E-state index contributed by atoms with van der Waals surface area (Å²) >= 11 is 0. The number of aryl methyl sites for hydroxylation is 1. The van der Waals surface area contributed by atoms with Gasteiger partial charge >= 0.3 is 11.9 Å². The van der Waals surface area contributed by atoms with E-state index in [9.17, 15) is 9.59 Å². The predicted octanol–water partition coefficient (Wildman–Crippen LogP) is 2.78. The molecule has 2 aromatic rings. The zero-order valence-corrected chi connectivity index (χ0v) is 14.2. The largest absolute Gasteiger partial charge is 0.482 e. The van der Waals surface area contributed by atoms with Crippen molar-refractivity contribution in [2.24, 2.45) is 0 Å². The summed E-state index contributed by atoms with van der Waals surface area (Å²) in [7, 11) is 1.52. The van der Waals surface area contributed by atoms with E-state index >= 15 is 0 Å². The molecule has 132 valence electrons. The summed E-state index contributed by atoms with van der Waals surface area (Å²) in [6.45, 7) is 2.21. The van der Waals surface area contributed by atoms with Gasteiger partial charge in [-0.15, -0.1) is 0 Å². The van der Waals surface area contributed by atoms with E-state index in [1.807, 2.05) is 19.1 Å². The molecule has 0 heterocycles. The van der Waals surface area contributed by atoms with Crippen molar-refractivity contribution >= 4 is 11.9 Å². The fourth-order valence-electron chi connectivity index (χ4n) is 1.93. The normalized spacial score (nSPS) is 10.2. The lowest BCUT2D eigenvalue weighted by Gasteiger charge is -2.08. The van der Waals surface area contributed by atoms with Crippen LogP contribution in [0.15, 0.2) is 48.5 Å². The van der Waals surface area contributed by atoms with Crippen LogP contribution >= 0.6 is 0 Å². The van der Waals surface area contributed by atoms with Gasteiger partial charge in [0.25, 0.3) is 0 Å². The number of methoxy groups -OCH3 is 1. The first kappa shape index (κ1) is 18.5. The van der Waals surface area contributed by atoms with Crippen LogP contribution in [-0.2, 0) is 14.3 Å². The van der Waals surface area contributed by atoms with Crippen molar-refractivity contribution in [3.05, 3.63) is 59.7 Å². The van der Waals surface area contributed by atoms with Crippen molar-refractivity contribution < 1.29 is 28.5 Å². The molecule has 0 aromatic heterocycles. The molecule has 0 N–H and O–H groups in total. The van der Waals surface area contributed by atoms with Crippen LogP contribution in [0.25, 0.3) is 0 Å². The smallest absolute Gasteiger partial charge is 0.349 e. The lowest BCUT2D eigenvalue weighted by molar-refractivity contribution is -0.136. The van der Waals surface area contributed by atoms with Crippen molar-refractivity contribution in [2.45, 2.75) is 6.92 Å². The highest BCUT2D eigenvalue weighted by atomic mass is 16.6. The Morgan fingerprint density at radius 2 is 1.72 bits per heavy atom. The first-order chi connectivity index (χ1) is 12.1. The van der Waals surface area contributed by atoms with E-state index in [0.29, 0.717) is 17.9 Å². The molecule has 2 aromatic carbocycles. The first-order valence-electron chi connectivity index (χ1n) is 7.75. The summed E-state index contributed by atoms with van der Waals surface area (Å²) < 4.78 is 20.4. The van der Waals surface area contributed by atoms with Gasteiger partial charge in [-0.3, -0.25) is 0 Å². The summed E-state index contributed by atoms with van der Waals surface area (Å²) in [6, 6.07) is 13.5. The average Bonchev–Trinajstić information content (AvgIpc) is 2.61. The van der Waals surface area contributed by atoms with Crippen molar-refractivity contribution in [1.82, 2.24) is 0 Å². The van der Waals surface area contributed by atoms with Crippen LogP contribution in [0.3, 0.4) is 0 Å². The molecule has 0 saturated carbocycles. The summed E-state index contributed by atoms with van der Waals surface area (Å²) in [5, 5.41) is 0. The minimum atomic E-state index is -0.564. The lowest BCUT2D eigenvalue weighted by Crippen LogP contribution is -2.18. The standard InChI is InChI=1S/C19H20O6/c1-14-6-8-16(9-7-14)24-13-18(20)25-17-5-3-4-15(12-17)19(21)23-11-10-22-2/h3-9,12H,10-11,13H2,1-2H3. The molecule has 6 nitrogen and oxygen atoms in total. The zero-order chi connectivity index (χ0) is 18.1. The fourth-order valence-corrected chi connectivity index (χ4v) is 1.93. The van der Waals surface area contributed by atoms with Crippen LogP contribution in [0.4, 0.5) is 0 Å². The molecule has 0 radical (unpaired) electrons. The van der Waals surface area contributed by atoms with Gasteiger partial charge in [0.2, 0.25) is 0 Å². The molecule has 0 saturated heterocycles. The molecule has 0 unspecified atom stereocenters. The van der Waals surface area contributed by atoms with Gasteiger partial charge in [-0.2, -0.15) is 0 Å². The lowest BCUT2D eigenvalue weighted by atomic mass is 10.2. The highest BCUT2D eigenvalue weighted by Gasteiger charge is 2.11. The Morgan fingerprint density at radius 3 is 2.44 bits per heavy atom. The third-order valence-electron chi connectivity index (χ3n) is 3.20. The molecular formula is C19H20O6. The highest BCUT2D eigenvalue weighted by molar-refractivity contribution is 5.90. The number of benzene rings is 2. The number of esters is 2. The van der Waals surface area contributed by atoms with E-state index in [0.717, 1.165) is 5.56 Å². The molecule has 0 aliphatic rings. The molecule has 0 fully saturated rings. The molecule has 0 spiro atoms. The number of rotatable bonds is 8. The molecule has 25 heavy (non-hydrogen) atoms. The van der Waals surface area contributed by atoms with Gasteiger partial charge in [-0.25, -0.2) is 9.59 Å². The van der Waals surface area contributed by atoms with Crippen molar-refractivity contribution in [2.75, 3.05) is 26.9 Å². The molecule has 6 heteroatoms. The van der Waals surface area contributed by atoms with Crippen molar-refractivity contribution in [1.29, 1.82) is 0 Å². The number of carbonyl (C=O) groups excluding carboxylic acids is 2. The SMILES string of the molecule is COCCOC(=O)c1cccc(OC(=O)COc2ccc(C)cc2)c1. The number of carbonyl (C=O) groups is 2. The number of ether oxygens (including phenoxy) is 4. The van der Waals surface area contributed by atoms with E-state index in [1.54, 1.807) is 30.3 Å². The molecule has 0 atom stereocenters. The van der Waals surface area contributed by atoms with Crippen LogP contribution in [0, 0.1) is 6.92 Å². The molecule has 0 amide bonds. The maximum Gasteiger partial charge on any atom is 0.349 e. The highest BCUT2D eigenvalue weighted by Crippen LogP contribution is 2.15. The molecule has 0 bridgehead atoms. The van der Waals surface area contributed by atoms with Gasteiger partial charge < -0.3 is 18.9 Å². The Labute approximate surface area is 146 Å². The maximum absolute atomic E-state index is 11.9. The van der Waals surface area contributed by atoms with Crippen molar-refractivity contribution in [3.8, 4) is 11.5 Å². The summed E-state index contributed by atoms with van der Waals surface area (Å²) in [5.41, 5.74) is 1.39. The molecule has 0 aliphatic heterocycles. The van der Waals surface area contributed by atoms with Crippen LogP contribution in [0.1, 0.15) is 15.9 Å². The van der Waals surface area contributed by atoms with Crippen LogP contribution in [0.5, 0.6) is 11.5 Å². The van der Waals surface area contributed by atoms with E-state index in [-0.39, 0.29) is 19.0 Å². The quantitative estimate of drug-likeness (QED) is 0.417. The summed E-state index contributed by atoms with van der Waals surface area (Å²) in [4.78, 5) is 23.7.